The number of alkyl halides is 1. The van der Waals surface area contributed by atoms with E-state index < -0.39 is 11.5 Å². The molecule has 0 aromatic heterocycles. The second-order valence-corrected chi connectivity index (χ2v) is 4.76. The molecule has 0 bridgehead atoms. The summed E-state index contributed by atoms with van der Waals surface area (Å²) in [5.74, 6) is 0.335. The predicted molar refractivity (Wildman–Crippen MR) is 66.5 cm³/mol. The minimum Gasteiger partial charge on any atom is -0.396 e. The number of aliphatic hydroxyl groups excluding tert-OH is 2. The van der Waals surface area contributed by atoms with Crippen molar-refractivity contribution < 1.29 is 10.2 Å². The van der Waals surface area contributed by atoms with Crippen molar-refractivity contribution in [3.63, 3.8) is 0 Å². The van der Waals surface area contributed by atoms with E-state index in [1.165, 1.54) is 0 Å². The molecule has 2 nitrogen and oxygen atoms in total. The highest BCUT2D eigenvalue weighted by atomic mass is 35.5. The lowest BCUT2D eigenvalue weighted by atomic mass is 9.72. The molecule has 3 heteroatoms. The first-order valence-electron chi connectivity index (χ1n) is 5.48. The molecular formula is C13H19ClO2. The van der Waals surface area contributed by atoms with Gasteiger partial charge in [0.15, 0.2) is 0 Å². The van der Waals surface area contributed by atoms with E-state index >= 15 is 0 Å². The average Bonchev–Trinajstić information content (AvgIpc) is 2.32. The second-order valence-electron chi connectivity index (χ2n) is 4.49. The van der Waals surface area contributed by atoms with E-state index in [0.717, 1.165) is 5.56 Å². The Morgan fingerprint density at radius 3 is 2.19 bits per heavy atom. The van der Waals surface area contributed by atoms with Crippen molar-refractivity contribution in [2.75, 3.05) is 12.5 Å². The first-order chi connectivity index (χ1) is 7.58. The highest BCUT2D eigenvalue weighted by Gasteiger charge is 2.40. The van der Waals surface area contributed by atoms with Crippen LogP contribution in [-0.4, -0.2) is 22.7 Å². The van der Waals surface area contributed by atoms with Crippen LogP contribution in [-0.2, 0) is 0 Å². The first kappa shape index (κ1) is 13.5. The maximum atomic E-state index is 10.4. The molecule has 0 fully saturated rings. The molecule has 90 valence electrons. The van der Waals surface area contributed by atoms with E-state index in [4.69, 9.17) is 11.6 Å². The zero-order chi connectivity index (χ0) is 12.2. The number of halogens is 1. The summed E-state index contributed by atoms with van der Waals surface area (Å²) in [4.78, 5) is 0. The molecule has 0 radical (unpaired) electrons. The Kier molecular flexibility index (Phi) is 4.78. The van der Waals surface area contributed by atoms with Crippen LogP contribution in [0.5, 0.6) is 0 Å². The average molecular weight is 243 g/mol. The quantitative estimate of drug-likeness (QED) is 0.780. The van der Waals surface area contributed by atoms with E-state index in [9.17, 15) is 10.2 Å². The third kappa shape index (κ3) is 2.40. The fourth-order valence-electron chi connectivity index (χ4n) is 1.82. The van der Waals surface area contributed by atoms with Crippen LogP contribution in [0.4, 0.5) is 0 Å². The largest absolute Gasteiger partial charge is 0.396 e. The fraction of sp³-hybridized carbons (Fsp3) is 0.538. The summed E-state index contributed by atoms with van der Waals surface area (Å²) < 4.78 is 0. The van der Waals surface area contributed by atoms with Gasteiger partial charge in [0.2, 0.25) is 0 Å². The normalized spacial score (nSPS) is 17.1. The Balaban J connectivity index is 3.05. The second kappa shape index (κ2) is 5.67. The van der Waals surface area contributed by atoms with Gasteiger partial charge in [0.05, 0.1) is 12.7 Å². The minimum absolute atomic E-state index is 0.102. The summed E-state index contributed by atoms with van der Waals surface area (Å²) in [7, 11) is 0. The Morgan fingerprint density at radius 2 is 1.81 bits per heavy atom. The molecule has 0 aliphatic carbocycles. The summed E-state index contributed by atoms with van der Waals surface area (Å²) in [6, 6.07) is 9.34. The molecule has 2 atom stereocenters. The van der Waals surface area contributed by atoms with Crippen molar-refractivity contribution in [2.24, 2.45) is 11.3 Å². The molecule has 1 aromatic rings. The first-order valence-corrected chi connectivity index (χ1v) is 6.01. The number of hydrogen-bond acceptors (Lipinski definition) is 2. The Bertz CT molecular complexity index is 307. The molecule has 0 aliphatic heterocycles. The molecule has 2 N–H and O–H groups in total. The van der Waals surface area contributed by atoms with E-state index in [-0.39, 0.29) is 18.4 Å². The number of aliphatic hydroxyl groups is 2. The lowest BCUT2D eigenvalue weighted by Gasteiger charge is -2.38. The third-order valence-corrected chi connectivity index (χ3v) is 3.85. The van der Waals surface area contributed by atoms with Crippen LogP contribution in [0.25, 0.3) is 0 Å². The van der Waals surface area contributed by atoms with Gasteiger partial charge in [-0.05, 0) is 11.5 Å². The zero-order valence-electron chi connectivity index (χ0n) is 9.73. The molecular weight excluding hydrogens is 224 g/mol. The number of rotatable bonds is 5. The predicted octanol–water partition coefficient (Wildman–Crippen LogP) is 2.59. The van der Waals surface area contributed by atoms with Crippen LogP contribution in [0, 0.1) is 11.3 Å². The molecule has 1 aromatic carbocycles. The maximum absolute atomic E-state index is 10.4. The van der Waals surface area contributed by atoms with Gasteiger partial charge >= 0.3 is 0 Å². The summed E-state index contributed by atoms with van der Waals surface area (Å²) >= 11 is 5.94. The summed E-state index contributed by atoms with van der Waals surface area (Å²) in [6.07, 6.45) is -0.740. The van der Waals surface area contributed by atoms with Crippen LogP contribution in [0.3, 0.4) is 0 Å². The van der Waals surface area contributed by atoms with Gasteiger partial charge in [-0.25, -0.2) is 0 Å². The van der Waals surface area contributed by atoms with Crippen LogP contribution >= 0.6 is 11.6 Å². The van der Waals surface area contributed by atoms with Gasteiger partial charge in [-0.1, -0.05) is 44.2 Å². The van der Waals surface area contributed by atoms with Gasteiger partial charge in [0, 0.05) is 11.3 Å². The van der Waals surface area contributed by atoms with Crippen LogP contribution in [0.15, 0.2) is 30.3 Å². The molecule has 0 saturated carbocycles. The molecule has 16 heavy (non-hydrogen) atoms. The van der Waals surface area contributed by atoms with E-state index in [2.05, 4.69) is 0 Å². The molecule has 0 heterocycles. The van der Waals surface area contributed by atoms with Gasteiger partial charge < -0.3 is 10.2 Å². The van der Waals surface area contributed by atoms with Gasteiger partial charge in [-0.2, -0.15) is 0 Å². The van der Waals surface area contributed by atoms with Crippen molar-refractivity contribution in [1.29, 1.82) is 0 Å². The summed E-state index contributed by atoms with van der Waals surface area (Å²) in [5, 5.41) is 19.9. The van der Waals surface area contributed by atoms with Crippen molar-refractivity contribution in [3.8, 4) is 0 Å². The molecule has 1 rings (SSSR count). The van der Waals surface area contributed by atoms with E-state index in [0.29, 0.717) is 0 Å². The maximum Gasteiger partial charge on any atom is 0.0882 e. The lowest BCUT2D eigenvalue weighted by molar-refractivity contribution is -0.0357. The van der Waals surface area contributed by atoms with E-state index in [1.807, 2.05) is 44.2 Å². The number of benzene rings is 1. The van der Waals surface area contributed by atoms with Crippen LogP contribution in [0.2, 0.25) is 0 Å². The SMILES string of the molecule is CC(C)[C@](CO)(CCl)[C@@H](O)c1ccccc1. The highest BCUT2D eigenvalue weighted by molar-refractivity contribution is 6.18. The van der Waals surface area contributed by atoms with E-state index in [1.54, 1.807) is 0 Å². The third-order valence-electron chi connectivity index (χ3n) is 3.35. The van der Waals surface area contributed by atoms with Crippen molar-refractivity contribution in [3.05, 3.63) is 35.9 Å². The summed E-state index contributed by atoms with van der Waals surface area (Å²) in [5.41, 5.74) is 0.119. The van der Waals surface area contributed by atoms with Crippen molar-refractivity contribution in [1.82, 2.24) is 0 Å². The van der Waals surface area contributed by atoms with Crippen molar-refractivity contribution in [2.45, 2.75) is 20.0 Å². The zero-order valence-corrected chi connectivity index (χ0v) is 10.5. The van der Waals surface area contributed by atoms with Crippen LogP contribution in [0.1, 0.15) is 25.5 Å². The minimum atomic E-state index is -0.740. The van der Waals surface area contributed by atoms with Gasteiger partial charge in [-0.15, -0.1) is 11.6 Å². The Labute approximate surface area is 102 Å². The van der Waals surface area contributed by atoms with Gasteiger partial charge in [-0.3, -0.25) is 0 Å². The molecule has 0 unspecified atom stereocenters. The monoisotopic (exact) mass is 242 g/mol. The lowest BCUT2D eigenvalue weighted by Crippen LogP contribution is -2.39. The summed E-state index contributed by atoms with van der Waals surface area (Å²) in [6.45, 7) is 3.81. The molecule has 0 spiro atoms. The van der Waals surface area contributed by atoms with Crippen molar-refractivity contribution >= 4 is 11.6 Å². The molecule has 0 aliphatic rings. The highest BCUT2D eigenvalue weighted by Crippen LogP contribution is 2.41. The Morgan fingerprint density at radius 1 is 1.25 bits per heavy atom. The Hall–Kier alpha value is -0.570. The fourth-order valence-corrected chi connectivity index (χ4v) is 2.36. The number of hydrogen-bond donors (Lipinski definition) is 2. The van der Waals surface area contributed by atoms with Gasteiger partial charge in [0.25, 0.3) is 0 Å². The molecule has 0 saturated heterocycles. The van der Waals surface area contributed by atoms with Crippen LogP contribution < -0.4 is 0 Å². The van der Waals surface area contributed by atoms with Gasteiger partial charge in [0.1, 0.15) is 0 Å². The molecule has 0 amide bonds. The smallest absolute Gasteiger partial charge is 0.0882 e. The topological polar surface area (TPSA) is 40.5 Å². The standard InChI is InChI=1S/C13H19ClO2/c1-10(2)13(8-14,9-15)12(16)11-6-4-3-5-7-11/h3-7,10,12,15-16H,8-9H2,1-2H3/t12-,13+/m0/s1.